The molecule has 0 aliphatic carbocycles. The van der Waals surface area contributed by atoms with Crippen LogP contribution in [0.15, 0.2) is 36.5 Å². The third-order valence-corrected chi connectivity index (χ3v) is 2.53. The van der Waals surface area contributed by atoms with Gasteiger partial charge in [-0.25, -0.2) is 10.8 Å². The van der Waals surface area contributed by atoms with Gasteiger partial charge in [-0.15, -0.1) is 0 Å². The molecule has 5 nitrogen and oxygen atoms in total. The van der Waals surface area contributed by atoms with Gasteiger partial charge in [-0.05, 0) is 19.9 Å². The third kappa shape index (κ3) is 3.08. The highest BCUT2D eigenvalue weighted by molar-refractivity contribution is 5.57. The van der Waals surface area contributed by atoms with E-state index in [0.29, 0.717) is 11.8 Å². The van der Waals surface area contributed by atoms with Crippen molar-refractivity contribution < 1.29 is 4.74 Å². The molecule has 1 aromatic carbocycles. The zero-order valence-electron chi connectivity index (χ0n) is 10.9. The quantitative estimate of drug-likeness (QED) is 0.650. The van der Waals surface area contributed by atoms with E-state index in [2.05, 4.69) is 15.4 Å². The Kier molecular flexibility index (Phi) is 4.10. The van der Waals surface area contributed by atoms with E-state index in [9.17, 15) is 0 Å². The average Bonchev–Trinajstić information content (AvgIpc) is 2.43. The number of hydrazine groups is 1. The number of ether oxygens (including phenoxy) is 1. The molecule has 0 fully saturated rings. The highest BCUT2D eigenvalue weighted by atomic mass is 16.5. The number of aryl methyl sites for hydroxylation is 1. The van der Waals surface area contributed by atoms with E-state index in [1.807, 2.05) is 50.3 Å². The lowest BCUT2D eigenvalue weighted by atomic mass is 10.2. The molecule has 0 aliphatic rings. The first-order valence-electron chi connectivity index (χ1n) is 5.94. The summed E-state index contributed by atoms with van der Waals surface area (Å²) in [6.45, 7) is 3.84. The van der Waals surface area contributed by atoms with E-state index in [0.717, 1.165) is 16.9 Å². The van der Waals surface area contributed by atoms with Crippen LogP contribution in [0.3, 0.4) is 0 Å². The van der Waals surface area contributed by atoms with Crippen molar-refractivity contribution in [1.82, 2.24) is 9.97 Å². The first-order valence-corrected chi connectivity index (χ1v) is 5.94. The summed E-state index contributed by atoms with van der Waals surface area (Å²) in [5.41, 5.74) is 4.24. The molecule has 0 amide bonds. The Morgan fingerprint density at radius 2 is 2.11 bits per heavy atom. The Balaban J connectivity index is 2.35. The summed E-state index contributed by atoms with van der Waals surface area (Å²) in [5.74, 6) is 6.85. The van der Waals surface area contributed by atoms with Gasteiger partial charge in [0.05, 0.1) is 0 Å². The number of hydrogen-bond donors (Lipinski definition) is 2. The highest BCUT2D eigenvalue weighted by Crippen LogP contribution is 2.27. The van der Waals surface area contributed by atoms with Crippen LogP contribution in [0.25, 0.3) is 6.08 Å². The molecule has 5 heteroatoms. The molecule has 0 radical (unpaired) electrons. The summed E-state index contributed by atoms with van der Waals surface area (Å²) in [7, 11) is 0. The second kappa shape index (κ2) is 5.97. The van der Waals surface area contributed by atoms with E-state index in [4.69, 9.17) is 10.6 Å². The summed E-state index contributed by atoms with van der Waals surface area (Å²) in [5, 5.41) is 0. The van der Waals surface area contributed by atoms with E-state index in [1.165, 1.54) is 0 Å². The smallest absolute Gasteiger partial charge is 0.240 e. The van der Waals surface area contributed by atoms with Crippen molar-refractivity contribution >= 4 is 12.0 Å². The van der Waals surface area contributed by atoms with Gasteiger partial charge in [-0.1, -0.05) is 30.4 Å². The number of nitrogen functional groups attached to an aromatic ring is 1. The van der Waals surface area contributed by atoms with Crippen LogP contribution in [-0.2, 0) is 0 Å². The molecule has 0 saturated carbocycles. The van der Waals surface area contributed by atoms with Crippen LogP contribution < -0.4 is 16.0 Å². The lowest BCUT2D eigenvalue weighted by Crippen LogP contribution is -2.11. The minimum absolute atomic E-state index is 0.323. The summed E-state index contributed by atoms with van der Waals surface area (Å²) < 4.78 is 5.84. The lowest BCUT2D eigenvalue weighted by molar-refractivity contribution is 0.457. The zero-order chi connectivity index (χ0) is 13.7. The SMILES string of the molecule is C/C=C/c1ccccc1Oc1nc(NN)ncc1C. The number of nitrogens with two attached hydrogens (primary N) is 1. The van der Waals surface area contributed by atoms with Crippen molar-refractivity contribution in [2.45, 2.75) is 13.8 Å². The molecular formula is C14H16N4O. The predicted molar refractivity (Wildman–Crippen MR) is 75.8 cm³/mol. The van der Waals surface area contributed by atoms with E-state index >= 15 is 0 Å². The van der Waals surface area contributed by atoms with Crippen LogP contribution in [0.1, 0.15) is 18.1 Å². The Morgan fingerprint density at radius 1 is 1.32 bits per heavy atom. The predicted octanol–water partition coefficient (Wildman–Crippen LogP) is 2.90. The van der Waals surface area contributed by atoms with Crippen molar-refractivity contribution in [3.63, 3.8) is 0 Å². The number of allylic oxidation sites excluding steroid dienone is 1. The number of rotatable bonds is 4. The molecule has 1 heterocycles. The largest absolute Gasteiger partial charge is 0.438 e. The van der Waals surface area contributed by atoms with Crippen molar-refractivity contribution in [3.8, 4) is 11.6 Å². The topological polar surface area (TPSA) is 73.1 Å². The van der Waals surface area contributed by atoms with Crippen molar-refractivity contribution in [2.75, 3.05) is 5.43 Å². The Hall–Kier alpha value is -2.40. The standard InChI is InChI=1S/C14H16N4O/c1-3-6-11-7-4-5-8-12(11)19-13-10(2)9-16-14(17-13)18-15/h3-9H,15H2,1-2H3,(H,16,17,18)/b6-3+. The minimum atomic E-state index is 0.323. The van der Waals surface area contributed by atoms with Gasteiger partial charge < -0.3 is 4.74 Å². The van der Waals surface area contributed by atoms with Crippen molar-refractivity contribution in [1.29, 1.82) is 0 Å². The summed E-state index contributed by atoms with van der Waals surface area (Å²) >= 11 is 0. The molecule has 3 N–H and O–H groups in total. The first-order chi connectivity index (χ1) is 9.24. The number of nitrogens with zero attached hydrogens (tertiary/aromatic N) is 2. The molecule has 98 valence electrons. The first kappa shape index (κ1) is 13.0. The van der Waals surface area contributed by atoms with E-state index in [1.54, 1.807) is 6.20 Å². The average molecular weight is 256 g/mol. The van der Waals surface area contributed by atoms with Crippen molar-refractivity contribution in [2.24, 2.45) is 5.84 Å². The molecule has 0 spiro atoms. The number of benzene rings is 1. The Morgan fingerprint density at radius 3 is 2.84 bits per heavy atom. The minimum Gasteiger partial charge on any atom is -0.438 e. The Bertz CT molecular complexity index is 596. The lowest BCUT2D eigenvalue weighted by Gasteiger charge is -2.10. The van der Waals surface area contributed by atoms with Crippen LogP contribution in [0.2, 0.25) is 0 Å². The fraction of sp³-hybridized carbons (Fsp3) is 0.143. The molecule has 0 unspecified atom stereocenters. The number of anilines is 1. The molecule has 0 bridgehead atoms. The normalized spacial score (nSPS) is 10.7. The monoisotopic (exact) mass is 256 g/mol. The van der Waals surface area contributed by atoms with Crippen LogP contribution >= 0.6 is 0 Å². The van der Waals surface area contributed by atoms with Crippen LogP contribution in [0, 0.1) is 6.92 Å². The highest BCUT2D eigenvalue weighted by Gasteiger charge is 2.07. The molecule has 19 heavy (non-hydrogen) atoms. The van der Waals surface area contributed by atoms with Gasteiger partial charge in [0, 0.05) is 17.3 Å². The van der Waals surface area contributed by atoms with E-state index < -0.39 is 0 Å². The maximum atomic E-state index is 5.84. The van der Waals surface area contributed by atoms with Crippen LogP contribution in [-0.4, -0.2) is 9.97 Å². The summed E-state index contributed by atoms with van der Waals surface area (Å²) in [4.78, 5) is 8.21. The third-order valence-electron chi connectivity index (χ3n) is 2.53. The zero-order valence-corrected chi connectivity index (χ0v) is 10.9. The number of nitrogens with one attached hydrogen (secondary N) is 1. The fourth-order valence-electron chi connectivity index (χ4n) is 1.59. The number of para-hydroxylation sites is 1. The van der Waals surface area contributed by atoms with Gasteiger partial charge >= 0.3 is 0 Å². The van der Waals surface area contributed by atoms with Gasteiger partial charge in [0.2, 0.25) is 11.8 Å². The molecule has 2 rings (SSSR count). The second-order valence-electron chi connectivity index (χ2n) is 3.97. The fourth-order valence-corrected chi connectivity index (χ4v) is 1.59. The molecule has 1 aromatic heterocycles. The maximum Gasteiger partial charge on any atom is 0.240 e. The van der Waals surface area contributed by atoms with Crippen LogP contribution in [0.5, 0.6) is 11.6 Å². The second-order valence-corrected chi connectivity index (χ2v) is 3.97. The maximum absolute atomic E-state index is 5.84. The molecule has 0 aliphatic heterocycles. The van der Waals surface area contributed by atoms with E-state index in [-0.39, 0.29) is 0 Å². The molecule has 2 aromatic rings. The molecular weight excluding hydrogens is 240 g/mol. The molecule has 0 saturated heterocycles. The van der Waals surface area contributed by atoms with Crippen molar-refractivity contribution in [3.05, 3.63) is 47.7 Å². The summed E-state index contributed by atoms with van der Waals surface area (Å²) in [6.07, 6.45) is 5.60. The van der Waals surface area contributed by atoms with Gasteiger partial charge in [0.25, 0.3) is 0 Å². The number of aromatic nitrogens is 2. The van der Waals surface area contributed by atoms with Gasteiger partial charge in [-0.3, -0.25) is 5.43 Å². The van der Waals surface area contributed by atoms with Crippen LogP contribution in [0.4, 0.5) is 5.95 Å². The van der Waals surface area contributed by atoms with Gasteiger partial charge in [0.1, 0.15) is 5.75 Å². The molecule has 0 atom stereocenters. The summed E-state index contributed by atoms with van der Waals surface area (Å²) in [6, 6.07) is 7.75. The number of hydrogen-bond acceptors (Lipinski definition) is 5. The van der Waals surface area contributed by atoms with Gasteiger partial charge in [-0.2, -0.15) is 4.98 Å². The van der Waals surface area contributed by atoms with Gasteiger partial charge in [0.15, 0.2) is 0 Å². The Labute approximate surface area is 112 Å².